The van der Waals surface area contributed by atoms with Gasteiger partial charge in [0.15, 0.2) is 0 Å². The van der Waals surface area contributed by atoms with Gasteiger partial charge < -0.3 is 14.6 Å². The lowest BCUT2D eigenvalue weighted by molar-refractivity contribution is 0.102. The monoisotopic (exact) mass is 404 g/mol. The van der Waals surface area contributed by atoms with Crippen molar-refractivity contribution in [3.63, 3.8) is 0 Å². The first-order valence-corrected chi connectivity index (χ1v) is 9.92. The Morgan fingerprint density at radius 3 is 2.59 bits per heavy atom. The van der Waals surface area contributed by atoms with Crippen molar-refractivity contribution in [3.8, 4) is 22.7 Å². The number of carbonyl (C=O) groups is 1. The highest BCUT2D eigenvalue weighted by Gasteiger charge is 2.17. The number of benzene rings is 2. The Morgan fingerprint density at radius 1 is 1.10 bits per heavy atom. The molecule has 0 aliphatic carbocycles. The van der Waals surface area contributed by atoms with Crippen molar-refractivity contribution < 1.29 is 9.53 Å². The van der Waals surface area contributed by atoms with E-state index in [0.717, 1.165) is 39.8 Å². The number of hydrogen-bond donors (Lipinski definition) is 1. The minimum absolute atomic E-state index is 0.143. The third-order valence-electron chi connectivity index (χ3n) is 4.79. The number of ether oxygens (including phenoxy) is 1. The summed E-state index contributed by atoms with van der Waals surface area (Å²) in [5, 5.41) is 8.92. The maximum Gasteiger partial charge on any atom is 0.257 e. The first kappa shape index (κ1) is 18.9. The van der Waals surface area contributed by atoms with E-state index in [9.17, 15) is 4.79 Å². The smallest absolute Gasteiger partial charge is 0.257 e. The van der Waals surface area contributed by atoms with Crippen molar-refractivity contribution in [2.24, 2.45) is 0 Å². The van der Waals surface area contributed by atoms with E-state index < -0.39 is 0 Å². The predicted octanol–water partition coefficient (Wildman–Crippen LogP) is 4.87. The molecular formula is C22H20N4O2S. The van der Waals surface area contributed by atoms with Crippen LogP contribution in [0.3, 0.4) is 0 Å². The Labute approximate surface area is 172 Å². The lowest BCUT2D eigenvalue weighted by Crippen LogP contribution is -2.13. The first-order valence-electron chi connectivity index (χ1n) is 9.09. The van der Waals surface area contributed by atoms with E-state index in [1.54, 1.807) is 7.11 Å². The van der Waals surface area contributed by atoms with Crippen LogP contribution < -0.4 is 10.1 Å². The van der Waals surface area contributed by atoms with Gasteiger partial charge >= 0.3 is 0 Å². The van der Waals surface area contributed by atoms with Gasteiger partial charge in [0.2, 0.25) is 0 Å². The first-order chi connectivity index (χ1) is 14.1. The minimum Gasteiger partial charge on any atom is -0.497 e. The van der Waals surface area contributed by atoms with E-state index in [0.29, 0.717) is 5.56 Å². The van der Waals surface area contributed by atoms with E-state index in [4.69, 9.17) is 4.74 Å². The molecule has 2 aromatic heterocycles. The fourth-order valence-corrected chi connectivity index (χ4v) is 3.82. The van der Waals surface area contributed by atoms with Crippen LogP contribution in [0.15, 0.2) is 60.0 Å². The zero-order valence-corrected chi connectivity index (χ0v) is 17.2. The van der Waals surface area contributed by atoms with Crippen molar-refractivity contribution in [1.29, 1.82) is 0 Å². The van der Waals surface area contributed by atoms with Crippen molar-refractivity contribution in [2.45, 2.75) is 13.8 Å². The van der Waals surface area contributed by atoms with Gasteiger partial charge in [-0.1, -0.05) is 22.7 Å². The maximum absolute atomic E-state index is 12.9. The second-order valence-electron chi connectivity index (χ2n) is 6.64. The standard InChI is InChI=1S/C22H20N4O2S/c1-14-11-20(15(2)26(14)18-5-4-6-19(12-18)28-3)22(27)23-17-9-7-16(8-10-17)21-13-29-25-24-21/h4-13H,1-3H3,(H,23,27). The molecule has 6 nitrogen and oxygen atoms in total. The van der Waals surface area contributed by atoms with Gasteiger partial charge in [-0.2, -0.15) is 0 Å². The summed E-state index contributed by atoms with van der Waals surface area (Å²) in [4.78, 5) is 12.9. The molecule has 2 aromatic carbocycles. The molecule has 0 spiro atoms. The number of nitrogens with zero attached hydrogens (tertiary/aromatic N) is 3. The number of anilines is 1. The number of aryl methyl sites for hydroxylation is 1. The number of hydrogen-bond acceptors (Lipinski definition) is 5. The van der Waals surface area contributed by atoms with E-state index in [1.807, 2.05) is 73.8 Å². The van der Waals surface area contributed by atoms with Crippen molar-refractivity contribution in [2.75, 3.05) is 12.4 Å². The summed E-state index contributed by atoms with van der Waals surface area (Å²) in [6, 6.07) is 17.3. The number of aromatic nitrogens is 3. The fraction of sp³-hybridized carbons (Fsp3) is 0.136. The van der Waals surface area contributed by atoms with Gasteiger partial charge in [0.25, 0.3) is 5.91 Å². The summed E-state index contributed by atoms with van der Waals surface area (Å²) in [5.74, 6) is 0.631. The molecule has 0 radical (unpaired) electrons. The summed E-state index contributed by atoms with van der Waals surface area (Å²) in [6.07, 6.45) is 0. The van der Waals surface area contributed by atoms with E-state index >= 15 is 0 Å². The lowest BCUT2D eigenvalue weighted by atomic mass is 10.1. The molecule has 2 heterocycles. The fourth-order valence-electron chi connectivity index (χ4n) is 3.35. The van der Waals surface area contributed by atoms with Crippen molar-refractivity contribution >= 4 is 23.1 Å². The highest BCUT2D eigenvalue weighted by atomic mass is 32.1. The normalized spacial score (nSPS) is 10.7. The Morgan fingerprint density at radius 2 is 1.90 bits per heavy atom. The molecule has 1 N–H and O–H groups in total. The van der Waals surface area contributed by atoms with Crippen LogP contribution in [-0.2, 0) is 0 Å². The number of methoxy groups -OCH3 is 1. The Bertz CT molecular complexity index is 1150. The summed E-state index contributed by atoms with van der Waals surface area (Å²) in [7, 11) is 1.64. The quantitative estimate of drug-likeness (QED) is 0.515. The van der Waals surface area contributed by atoms with Gasteiger partial charge in [0.1, 0.15) is 11.4 Å². The minimum atomic E-state index is -0.143. The highest BCUT2D eigenvalue weighted by Crippen LogP contribution is 2.25. The van der Waals surface area contributed by atoms with E-state index in [-0.39, 0.29) is 5.91 Å². The summed E-state index contributed by atoms with van der Waals surface area (Å²) >= 11 is 1.31. The molecule has 0 bridgehead atoms. The van der Waals surface area contributed by atoms with Crippen LogP contribution in [0.2, 0.25) is 0 Å². The molecule has 4 aromatic rings. The predicted molar refractivity (Wildman–Crippen MR) is 115 cm³/mol. The molecule has 0 atom stereocenters. The van der Waals surface area contributed by atoms with Crippen molar-refractivity contribution in [3.05, 3.63) is 76.9 Å². The molecule has 1 amide bonds. The van der Waals surface area contributed by atoms with Gasteiger partial charge in [-0.3, -0.25) is 4.79 Å². The zero-order valence-electron chi connectivity index (χ0n) is 16.3. The molecule has 0 aliphatic rings. The van der Waals surface area contributed by atoms with Gasteiger partial charge in [-0.25, -0.2) is 0 Å². The van der Waals surface area contributed by atoms with Crippen LogP contribution in [0.1, 0.15) is 21.7 Å². The van der Waals surface area contributed by atoms with Crippen molar-refractivity contribution in [1.82, 2.24) is 14.2 Å². The molecule has 29 heavy (non-hydrogen) atoms. The number of carbonyl (C=O) groups excluding carboxylic acids is 1. The Balaban J connectivity index is 1.58. The van der Waals surface area contributed by atoms with Crippen LogP contribution in [0.4, 0.5) is 5.69 Å². The van der Waals surface area contributed by atoms with E-state index in [1.165, 1.54) is 11.5 Å². The molecular weight excluding hydrogens is 384 g/mol. The average Bonchev–Trinajstić information content (AvgIpc) is 3.37. The molecule has 4 rings (SSSR count). The molecule has 0 fully saturated rings. The maximum atomic E-state index is 12.9. The lowest BCUT2D eigenvalue weighted by Gasteiger charge is -2.11. The SMILES string of the molecule is COc1cccc(-n2c(C)cc(C(=O)Nc3ccc(-c4csnn4)cc3)c2C)c1. The summed E-state index contributed by atoms with van der Waals surface area (Å²) in [6.45, 7) is 3.93. The molecule has 146 valence electrons. The second kappa shape index (κ2) is 7.89. The number of rotatable bonds is 5. The van der Waals surface area contributed by atoms with Crippen LogP contribution in [-0.4, -0.2) is 27.2 Å². The summed E-state index contributed by atoms with van der Waals surface area (Å²) in [5.41, 5.74) is 5.97. The average molecular weight is 404 g/mol. The number of amides is 1. The summed E-state index contributed by atoms with van der Waals surface area (Å²) < 4.78 is 11.3. The van der Waals surface area contributed by atoms with Crippen LogP contribution in [0.25, 0.3) is 16.9 Å². The Hall–Kier alpha value is -3.45. The molecule has 0 aliphatic heterocycles. The van der Waals surface area contributed by atoms with E-state index in [2.05, 4.69) is 19.5 Å². The van der Waals surface area contributed by atoms with Crippen LogP contribution in [0, 0.1) is 13.8 Å². The van der Waals surface area contributed by atoms with Gasteiger partial charge in [-0.15, -0.1) is 5.10 Å². The topological polar surface area (TPSA) is 69.0 Å². The van der Waals surface area contributed by atoms with Gasteiger partial charge in [-0.05, 0) is 55.7 Å². The van der Waals surface area contributed by atoms with Crippen LogP contribution >= 0.6 is 11.5 Å². The molecule has 7 heteroatoms. The third kappa shape index (κ3) is 3.77. The highest BCUT2D eigenvalue weighted by molar-refractivity contribution is 7.03. The number of nitrogens with one attached hydrogen (secondary N) is 1. The molecule has 0 unspecified atom stereocenters. The van der Waals surface area contributed by atoms with Crippen LogP contribution in [0.5, 0.6) is 5.75 Å². The Kier molecular flexibility index (Phi) is 5.14. The van der Waals surface area contributed by atoms with Gasteiger partial charge in [0.05, 0.1) is 12.7 Å². The van der Waals surface area contributed by atoms with Gasteiger partial charge in [0, 0.05) is 39.8 Å². The largest absolute Gasteiger partial charge is 0.497 e. The molecule has 0 saturated heterocycles. The third-order valence-corrected chi connectivity index (χ3v) is 5.29. The zero-order chi connectivity index (χ0) is 20.4. The second-order valence-corrected chi connectivity index (χ2v) is 7.25. The molecule has 0 saturated carbocycles.